The van der Waals surface area contributed by atoms with Crippen molar-refractivity contribution in [3.05, 3.63) is 0 Å². The molecule has 89 heavy (non-hydrogen) atoms. The molecule has 0 aromatic carbocycles. The second kappa shape index (κ2) is 59.8. The highest BCUT2D eigenvalue weighted by atomic mass is 31.2. The maximum atomic E-state index is 13.0. The fourth-order valence-corrected chi connectivity index (χ4v) is 12.0. The zero-order valence-corrected chi connectivity index (χ0v) is 59.8. The molecular weight excluding hydrogens is 1170 g/mol. The van der Waals surface area contributed by atoms with Gasteiger partial charge in [-0.2, -0.15) is 0 Å². The van der Waals surface area contributed by atoms with E-state index in [9.17, 15) is 43.2 Å². The molecule has 19 heteroatoms. The number of ether oxygens (including phenoxy) is 4. The first-order valence-corrected chi connectivity index (χ1v) is 39.2. The third-order valence-electron chi connectivity index (χ3n) is 16.4. The first kappa shape index (κ1) is 87.1. The largest absolute Gasteiger partial charge is 0.472 e. The van der Waals surface area contributed by atoms with Crippen LogP contribution in [-0.2, 0) is 65.4 Å². The van der Waals surface area contributed by atoms with Gasteiger partial charge < -0.3 is 33.8 Å². The number of unbranched alkanes of at least 4 members (excludes halogenated alkanes) is 32. The molecule has 3 N–H and O–H groups in total. The second-order valence-electron chi connectivity index (χ2n) is 26.9. The summed E-state index contributed by atoms with van der Waals surface area (Å²) in [5.41, 5.74) is 0. The van der Waals surface area contributed by atoms with Crippen molar-refractivity contribution < 1.29 is 80.2 Å². The zero-order chi connectivity index (χ0) is 66.1. The van der Waals surface area contributed by atoms with E-state index >= 15 is 0 Å². The number of phosphoric ester groups is 2. The van der Waals surface area contributed by atoms with Gasteiger partial charge in [-0.3, -0.25) is 37.3 Å². The highest BCUT2D eigenvalue weighted by molar-refractivity contribution is 7.47. The van der Waals surface area contributed by atoms with Gasteiger partial charge in [-0.25, -0.2) is 9.13 Å². The van der Waals surface area contributed by atoms with E-state index in [1.165, 1.54) is 135 Å². The van der Waals surface area contributed by atoms with E-state index in [0.29, 0.717) is 31.6 Å². The molecule has 17 nitrogen and oxygen atoms in total. The number of phosphoric acid groups is 2. The number of carbonyl (C=O) groups excluding carboxylic acids is 4. The molecule has 0 aromatic heterocycles. The molecule has 0 rings (SSSR count). The Morgan fingerprint density at radius 1 is 0.315 bits per heavy atom. The third kappa shape index (κ3) is 63.2. The molecule has 0 heterocycles. The van der Waals surface area contributed by atoms with E-state index in [1.807, 2.05) is 0 Å². The van der Waals surface area contributed by atoms with Gasteiger partial charge in [0.05, 0.1) is 26.4 Å². The van der Waals surface area contributed by atoms with Gasteiger partial charge in [-0.1, -0.05) is 293 Å². The minimum atomic E-state index is -4.95. The Kier molecular flexibility index (Phi) is 58.5. The van der Waals surface area contributed by atoms with Crippen LogP contribution >= 0.6 is 15.6 Å². The predicted molar refractivity (Wildman–Crippen MR) is 358 cm³/mol. The highest BCUT2D eigenvalue weighted by Gasteiger charge is 2.30. The second-order valence-corrected chi connectivity index (χ2v) is 29.8. The topological polar surface area (TPSA) is 237 Å². The first-order valence-electron chi connectivity index (χ1n) is 36.2. The summed E-state index contributed by atoms with van der Waals surface area (Å²) in [4.78, 5) is 72.4. The van der Waals surface area contributed by atoms with Crippen LogP contribution in [0.2, 0.25) is 0 Å². The molecule has 4 unspecified atom stereocenters. The zero-order valence-electron chi connectivity index (χ0n) is 58.1. The van der Waals surface area contributed by atoms with E-state index in [2.05, 4.69) is 55.4 Å². The molecule has 0 radical (unpaired) electrons. The fourth-order valence-electron chi connectivity index (χ4n) is 10.5. The molecule has 0 aromatic rings. The van der Waals surface area contributed by atoms with Gasteiger partial charge in [0.15, 0.2) is 12.2 Å². The van der Waals surface area contributed by atoms with Crippen LogP contribution in [0.4, 0.5) is 0 Å². The van der Waals surface area contributed by atoms with Crippen molar-refractivity contribution in [2.24, 2.45) is 23.7 Å². The highest BCUT2D eigenvalue weighted by Crippen LogP contribution is 2.45. The summed E-state index contributed by atoms with van der Waals surface area (Å²) in [6.07, 6.45) is 42.0. The SMILES string of the molecule is CCC(C)CCCCCCCCC(=O)OC[C@H](COP(=O)(O)OCC(O)COP(=O)(O)OC[C@@H](COC(=O)CCCCCCCCC(C)C)OC(=O)CCCCCCCCCCCCCCCCCCC(C)C)OC(=O)CCCCCCCCCCC(C)C. The number of hydrogen-bond acceptors (Lipinski definition) is 15. The Bertz CT molecular complexity index is 1770. The molecule has 0 aliphatic heterocycles. The predicted octanol–water partition coefficient (Wildman–Crippen LogP) is 19.7. The van der Waals surface area contributed by atoms with E-state index in [4.69, 9.17) is 37.0 Å². The molecule has 0 amide bonds. The van der Waals surface area contributed by atoms with Gasteiger partial charge >= 0.3 is 39.5 Å². The normalized spacial score (nSPS) is 14.6. The third-order valence-corrected chi connectivity index (χ3v) is 18.3. The van der Waals surface area contributed by atoms with Crippen LogP contribution in [0.1, 0.15) is 344 Å². The van der Waals surface area contributed by atoms with Crippen molar-refractivity contribution >= 4 is 39.5 Å². The summed E-state index contributed by atoms with van der Waals surface area (Å²) in [6, 6.07) is 0. The monoisotopic (exact) mass is 1310 g/mol. The lowest BCUT2D eigenvalue weighted by molar-refractivity contribution is -0.161. The van der Waals surface area contributed by atoms with Crippen LogP contribution in [0.5, 0.6) is 0 Å². The Morgan fingerprint density at radius 3 is 0.798 bits per heavy atom. The van der Waals surface area contributed by atoms with Crippen molar-refractivity contribution in [2.75, 3.05) is 39.6 Å². The molecule has 6 atom stereocenters. The molecule has 0 bridgehead atoms. The summed E-state index contributed by atoms with van der Waals surface area (Å²) < 4.78 is 68.2. The van der Waals surface area contributed by atoms with Crippen LogP contribution in [0.3, 0.4) is 0 Å². The van der Waals surface area contributed by atoms with Crippen molar-refractivity contribution in [2.45, 2.75) is 363 Å². The van der Waals surface area contributed by atoms with Crippen LogP contribution in [0, 0.1) is 23.7 Å². The molecule has 0 saturated carbocycles. The molecule has 0 aliphatic rings. The number of rotatable bonds is 67. The number of aliphatic hydroxyl groups is 1. The van der Waals surface area contributed by atoms with E-state index in [0.717, 1.165) is 120 Å². The molecule has 0 saturated heterocycles. The van der Waals surface area contributed by atoms with Crippen LogP contribution in [0.25, 0.3) is 0 Å². The smallest absolute Gasteiger partial charge is 0.462 e. The Labute approximate surface area is 543 Å². The average molecular weight is 1310 g/mol. The quantitative estimate of drug-likeness (QED) is 0.0222. The van der Waals surface area contributed by atoms with Crippen LogP contribution in [-0.4, -0.2) is 96.7 Å². The first-order chi connectivity index (χ1) is 42.6. The maximum absolute atomic E-state index is 13.0. The van der Waals surface area contributed by atoms with Gasteiger partial charge in [0, 0.05) is 25.7 Å². The number of carbonyl (C=O) groups is 4. The summed E-state index contributed by atoms with van der Waals surface area (Å²) in [5, 5.41) is 10.6. The van der Waals surface area contributed by atoms with Gasteiger partial charge in [0.1, 0.15) is 19.3 Å². The van der Waals surface area contributed by atoms with E-state index < -0.39 is 97.5 Å². The van der Waals surface area contributed by atoms with Crippen molar-refractivity contribution in [1.29, 1.82) is 0 Å². The van der Waals surface area contributed by atoms with E-state index in [1.54, 1.807) is 0 Å². The lowest BCUT2D eigenvalue weighted by atomic mass is 10.00. The summed E-state index contributed by atoms with van der Waals surface area (Å²) in [6.45, 7) is 14.0. The molecular formula is C70H136O17P2. The molecule has 528 valence electrons. The minimum absolute atomic E-state index is 0.103. The Balaban J connectivity index is 5.19. The van der Waals surface area contributed by atoms with Crippen molar-refractivity contribution in [1.82, 2.24) is 0 Å². The fraction of sp³-hybridized carbons (Fsp3) is 0.943. The minimum Gasteiger partial charge on any atom is -0.462 e. The average Bonchev–Trinajstić information content (AvgIpc) is 3.50. The van der Waals surface area contributed by atoms with Crippen LogP contribution < -0.4 is 0 Å². The maximum Gasteiger partial charge on any atom is 0.472 e. The lowest BCUT2D eigenvalue weighted by Crippen LogP contribution is -2.30. The summed E-state index contributed by atoms with van der Waals surface area (Å²) in [7, 11) is -9.90. The molecule has 0 aliphatic carbocycles. The summed E-state index contributed by atoms with van der Waals surface area (Å²) in [5.74, 6) is 0.803. The Morgan fingerprint density at radius 2 is 0.539 bits per heavy atom. The standard InChI is InChI=1S/C70H136O17P2/c1-9-63(8)49-41-33-27-29-35-43-51-68(73)81-57-66(87-70(75)53-45-37-25-21-20-23-31-39-47-61(4)5)59-85-89(78,79)83-55-64(71)54-82-88(76,77)84-58-65(56-80-67(72)50-42-34-28-26-32-40-48-62(6)7)86-69(74)52-44-36-24-19-17-15-13-11-10-12-14-16-18-22-30-38-46-60(2)3/h60-66,71H,9-59H2,1-8H3,(H,76,77)(H,78,79)/t63?,64?,65-,66-/m1/s1. The molecule has 0 spiro atoms. The Hall–Kier alpha value is -1.94. The van der Waals surface area contributed by atoms with Gasteiger partial charge in [0.25, 0.3) is 0 Å². The van der Waals surface area contributed by atoms with Gasteiger partial charge in [0.2, 0.25) is 0 Å². The van der Waals surface area contributed by atoms with Crippen molar-refractivity contribution in [3.8, 4) is 0 Å². The number of esters is 4. The number of aliphatic hydroxyl groups excluding tert-OH is 1. The van der Waals surface area contributed by atoms with Crippen molar-refractivity contribution in [3.63, 3.8) is 0 Å². The lowest BCUT2D eigenvalue weighted by Gasteiger charge is -2.21. The van der Waals surface area contributed by atoms with Crippen LogP contribution in [0.15, 0.2) is 0 Å². The molecule has 0 fully saturated rings. The summed E-state index contributed by atoms with van der Waals surface area (Å²) >= 11 is 0. The number of hydrogen-bond donors (Lipinski definition) is 3. The van der Waals surface area contributed by atoms with Gasteiger partial charge in [-0.05, 0) is 49.4 Å². The van der Waals surface area contributed by atoms with Gasteiger partial charge in [-0.15, -0.1) is 0 Å². The van der Waals surface area contributed by atoms with E-state index in [-0.39, 0.29) is 25.7 Å².